The molecule has 0 aliphatic rings. The van der Waals surface area contributed by atoms with Gasteiger partial charge in [0.05, 0.1) is 6.21 Å². The molecule has 0 heterocycles. The van der Waals surface area contributed by atoms with Gasteiger partial charge in [-0.25, -0.2) is 5.43 Å². The van der Waals surface area contributed by atoms with Crippen molar-refractivity contribution < 1.29 is 9.53 Å². The number of aryl methyl sites for hydroxylation is 1. The number of carbonyl (C=O) groups excluding carboxylic acids is 1. The van der Waals surface area contributed by atoms with Gasteiger partial charge in [-0.15, -0.1) is 0 Å². The Labute approximate surface area is 159 Å². The third-order valence-corrected chi connectivity index (χ3v) is 4.12. The van der Waals surface area contributed by atoms with Crippen LogP contribution in [0.5, 0.6) is 5.75 Å². The second kappa shape index (κ2) is 9.34. The summed E-state index contributed by atoms with van der Waals surface area (Å²) in [5.74, 6) is 0.340. The van der Waals surface area contributed by atoms with Gasteiger partial charge in [-0.2, -0.15) is 5.10 Å². The first kappa shape index (κ1) is 18.4. The van der Waals surface area contributed by atoms with E-state index < -0.39 is 0 Å². The number of rotatable bonds is 7. The summed E-state index contributed by atoms with van der Waals surface area (Å²) in [5, 5.41) is 3.96. The largest absolute Gasteiger partial charge is 0.484 e. The van der Waals surface area contributed by atoms with Gasteiger partial charge in [0.1, 0.15) is 5.75 Å². The quantitative estimate of drug-likeness (QED) is 0.501. The zero-order chi connectivity index (χ0) is 18.9. The molecule has 1 amide bonds. The number of hydrogen-bond acceptors (Lipinski definition) is 3. The van der Waals surface area contributed by atoms with Crippen LogP contribution in [-0.4, -0.2) is 18.7 Å². The molecular formula is C23H22N2O2. The maximum absolute atomic E-state index is 11.8. The van der Waals surface area contributed by atoms with E-state index >= 15 is 0 Å². The van der Waals surface area contributed by atoms with Crippen LogP contribution in [0, 0.1) is 0 Å². The molecule has 136 valence electrons. The summed E-state index contributed by atoms with van der Waals surface area (Å²) in [6.45, 7) is 2.02. The van der Waals surface area contributed by atoms with E-state index in [0.717, 1.165) is 23.1 Å². The summed E-state index contributed by atoms with van der Waals surface area (Å²) in [6.07, 6.45) is 2.61. The van der Waals surface area contributed by atoms with Crippen LogP contribution in [0.1, 0.15) is 18.1 Å². The van der Waals surface area contributed by atoms with Gasteiger partial charge in [0.2, 0.25) is 0 Å². The van der Waals surface area contributed by atoms with E-state index in [1.165, 1.54) is 5.56 Å². The highest BCUT2D eigenvalue weighted by Gasteiger charge is 2.02. The van der Waals surface area contributed by atoms with Crippen molar-refractivity contribution in [3.63, 3.8) is 0 Å². The van der Waals surface area contributed by atoms with Crippen LogP contribution in [0.4, 0.5) is 0 Å². The maximum Gasteiger partial charge on any atom is 0.277 e. The van der Waals surface area contributed by atoms with Gasteiger partial charge < -0.3 is 4.74 Å². The lowest BCUT2D eigenvalue weighted by Crippen LogP contribution is -2.24. The molecule has 0 saturated carbocycles. The summed E-state index contributed by atoms with van der Waals surface area (Å²) >= 11 is 0. The van der Waals surface area contributed by atoms with Crippen molar-refractivity contribution in [1.29, 1.82) is 0 Å². The average Bonchev–Trinajstić information content (AvgIpc) is 2.74. The van der Waals surface area contributed by atoms with Gasteiger partial charge in [0.15, 0.2) is 6.61 Å². The number of hydrogen-bond donors (Lipinski definition) is 1. The molecule has 0 aromatic heterocycles. The fraction of sp³-hybridized carbons (Fsp3) is 0.130. The monoisotopic (exact) mass is 358 g/mol. The summed E-state index contributed by atoms with van der Waals surface area (Å²) in [5.41, 5.74) is 6.92. The second-order valence-corrected chi connectivity index (χ2v) is 6.07. The van der Waals surface area contributed by atoms with Crippen LogP contribution in [0.3, 0.4) is 0 Å². The van der Waals surface area contributed by atoms with Crippen molar-refractivity contribution in [3.05, 3.63) is 90.0 Å². The minimum atomic E-state index is -0.302. The fourth-order valence-corrected chi connectivity index (χ4v) is 2.57. The Kier molecular flexibility index (Phi) is 6.36. The van der Waals surface area contributed by atoms with Crippen molar-refractivity contribution in [3.8, 4) is 16.9 Å². The lowest BCUT2D eigenvalue weighted by Gasteiger charge is -2.06. The van der Waals surface area contributed by atoms with E-state index in [1.807, 2.05) is 66.7 Å². The van der Waals surface area contributed by atoms with Crippen molar-refractivity contribution in [2.75, 3.05) is 6.61 Å². The predicted octanol–water partition coefficient (Wildman–Crippen LogP) is 4.45. The van der Waals surface area contributed by atoms with Gasteiger partial charge in [-0.3, -0.25) is 4.79 Å². The van der Waals surface area contributed by atoms with E-state index in [2.05, 4.69) is 29.6 Å². The smallest absolute Gasteiger partial charge is 0.277 e. The molecule has 4 nitrogen and oxygen atoms in total. The molecule has 0 spiro atoms. The third-order valence-electron chi connectivity index (χ3n) is 4.12. The molecule has 1 N–H and O–H groups in total. The third kappa shape index (κ3) is 5.54. The minimum absolute atomic E-state index is 0.0865. The SMILES string of the molecule is CCc1ccc(C=NNC(=O)COc2ccc(-c3ccccc3)cc2)cc1. The van der Waals surface area contributed by atoms with E-state index in [0.29, 0.717) is 5.75 Å². The molecule has 0 fully saturated rings. The summed E-state index contributed by atoms with van der Waals surface area (Å²) in [6, 6.07) is 25.8. The van der Waals surface area contributed by atoms with E-state index in [-0.39, 0.29) is 12.5 Å². The lowest BCUT2D eigenvalue weighted by molar-refractivity contribution is -0.123. The van der Waals surface area contributed by atoms with Crippen LogP contribution in [0.2, 0.25) is 0 Å². The zero-order valence-corrected chi connectivity index (χ0v) is 15.3. The van der Waals surface area contributed by atoms with Crippen LogP contribution >= 0.6 is 0 Å². The molecule has 0 radical (unpaired) electrons. The molecule has 3 aromatic rings. The lowest BCUT2D eigenvalue weighted by atomic mass is 10.1. The number of nitrogens with one attached hydrogen (secondary N) is 1. The fourth-order valence-electron chi connectivity index (χ4n) is 2.57. The van der Waals surface area contributed by atoms with Crippen LogP contribution in [-0.2, 0) is 11.2 Å². The minimum Gasteiger partial charge on any atom is -0.484 e. The Bertz CT molecular complexity index is 886. The van der Waals surface area contributed by atoms with E-state index in [9.17, 15) is 4.79 Å². The van der Waals surface area contributed by atoms with Gasteiger partial charge in [0, 0.05) is 0 Å². The zero-order valence-electron chi connectivity index (χ0n) is 15.3. The highest BCUT2D eigenvalue weighted by molar-refractivity contribution is 5.83. The van der Waals surface area contributed by atoms with E-state index in [1.54, 1.807) is 6.21 Å². The normalized spacial score (nSPS) is 10.7. The first-order chi connectivity index (χ1) is 13.2. The van der Waals surface area contributed by atoms with Crippen molar-refractivity contribution in [2.45, 2.75) is 13.3 Å². The molecule has 4 heteroatoms. The molecule has 0 bridgehead atoms. The predicted molar refractivity (Wildman–Crippen MR) is 109 cm³/mol. The van der Waals surface area contributed by atoms with Gasteiger partial charge in [0.25, 0.3) is 5.91 Å². The molecule has 0 aliphatic carbocycles. The molecular weight excluding hydrogens is 336 g/mol. The Morgan fingerprint density at radius 1 is 0.926 bits per heavy atom. The maximum atomic E-state index is 11.8. The Balaban J connectivity index is 1.46. The molecule has 0 aliphatic heterocycles. The molecule has 0 atom stereocenters. The molecule has 3 aromatic carbocycles. The van der Waals surface area contributed by atoms with Crippen LogP contribution in [0.15, 0.2) is 84.0 Å². The standard InChI is InChI=1S/C23H22N2O2/c1-2-18-8-10-19(11-9-18)16-24-25-23(26)17-27-22-14-12-21(13-15-22)20-6-4-3-5-7-20/h3-16H,2,17H2,1H3,(H,25,26). The van der Waals surface area contributed by atoms with Crippen LogP contribution in [0.25, 0.3) is 11.1 Å². The first-order valence-corrected chi connectivity index (χ1v) is 8.94. The highest BCUT2D eigenvalue weighted by Crippen LogP contribution is 2.21. The summed E-state index contributed by atoms with van der Waals surface area (Å²) < 4.78 is 5.51. The Hall–Kier alpha value is -3.40. The molecule has 3 rings (SSSR count). The van der Waals surface area contributed by atoms with Crippen molar-refractivity contribution in [1.82, 2.24) is 5.43 Å². The number of nitrogens with zero attached hydrogens (tertiary/aromatic N) is 1. The van der Waals surface area contributed by atoms with Crippen molar-refractivity contribution >= 4 is 12.1 Å². The number of ether oxygens (including phenoxy) is 1. The second-order valence-electron chi connectivity index (χ2n) is 6.07. The Morgan fingerprint density at radius 2 is 1.59 bits per heavy atom. The number of benzene rings is 3. The Morgan fingerprint density at radius 3 is 2.26 bits per heavy atom. The van der Waals surface area contributed by atoms with Gasteiger partial charge >= 0.3 is 0 Å². The molecule has 0 unspecified atom stereocenters. The number of hydrazone groups is 1. The number of amides is 1. The van der Waals surface area contributed by atoms with Crippen molar-refractivity contribution in [2.24, 2.45) is 5.10 Å². The topological polar surface area (TPSA) is 50.7 Å². The average molecular weight is 358 g/mol. The van der Waals surface area contributed by atoms with E-state index in [4.69, 9.17) is 4.74 Å². The summed E-state index contributed by atoms with van der Waals surface area (Å²) in [4.78, 5) is 11.8. The highest BCUT2D eigenvalue weighted by atomic mass is 16.5. The van der Waals surface area contributed by atoms with Gasteiger partial charge in [-0.1, -0.05) is 73.7 Å². The van der Waals surface area contributed by atoms with Crippen LogP contribution < -0.4 is 10.2 Å². The summed E-state index contributed by atoms with van der Waals surface area (Å²) in [7, 11) is 0. The first-order valence-electron chi connectivity index (χ1n) is 8.94. The molecule has 27 heavy (non-hydrogen) atoms. The molecule has 0 saturated heterocycles. The van der Waals surface area contributed by atoms with Gasteiger partial charge in [-0.05, 0) is 40.8 Å². The number of carbonyl (C=O) groups is 1.